The molecule has 3 heterocycles. The molecule has 1 atom stereocenters. The van der Waals surface area contributed by atoms with Gasteiger partial charge in [-0.3, -0.25) is 4.79 Å². The van der Waals surface area contributed by atoms with E-state index in [0.717, 1.165) is 6.07 Å². The second-order valence-electron chi connectivity index (χ2n) is 6.15. The molecule has 29 heavy (non-hydrogen) atoms. The molecule has 2 aliphatic rings. The van der Waals surface area contributed by atoms with E-state index in [2.05, 4.69) is 20.6 Å². The molecule has 3 aromatic rings. The summed E-state index contributed by atoms with van der Waals surface area (Å²) in [5.41, 5.74) is 1.96. The Labute approximate surface area is 177 Å². The zero-order valence-electron chi connectivity index (χ0n) is 14.5. The smallest absolute Gasteiger partial charge is 0.262 e. The van der Waals surface area contributed by atoms with Gasteiger partial charge < -0.3 is 10.1 Å². The van der Waals surface area contributed by atoms with E-state index in [4.69, 9.17) is 4.74 Å². The number of halogens is 3. The summed E-state index contributed by atoms with van der Waals surface area (Å²) in [5, 5.41) is 15.0. The lowest BCUT2D eigenvalue weighted by molar-refractivity contribution is -0.118. The van der Waals surface area contributed by atoms with E-state index in [1.54, 1.807) is 18.2 Å². The lowest BCUT2D eigenvalue weighted by Crippen LogP contribution is -2.26. The fourth-order valence-electron chi connectivity index (χ4n) is 3.07. The van der Waals surface area contributed by atoms with Crippen molar-refractivity contribution in [2.75, 3.05) is 11.9 Å². The van der Waals surface area contributed by atoms with Crippen molar-refractivity contribution in [2.24, 2.45) is 5.10 Å². The molecule has 2 aromatic carbocycles. The van der Waals surface area contributed by atoms with Crippen molar-refractivity contribution in [3.05, 3.63) is 65.5 Å². The molecular weight excluding hydrogens is 468 g/mol. The van der Waals surface area contributed by atoms with E-state index in [9.17, 15) is 13.6 Å². The van der Waals surface area contributed by atoms with Gasteiger partial charge in [0.2, 0.25) is 5.16 Å². The molecule has 0 aliphatic carbocycles. The average Bonchev–Trinajstić information content (AvgIpc) is 3.14. The number of hydrogen-bond donors (Lipinski definition) is 1. The largest absolute Gasteiger partial charge is 0.482 e. The highest BCUT2D eigenvalue weighted by molar-refractivity contribution is 8.93. The second kappa shape index (κ2) is 7.56. The Morgan fingerprint density at radius 2 is 2.07 bits per heavy atom. The summed E-state index contributed by atoms with van der Waals surface area (Å²) in [4.78, 5) is 11.6. The van der Waals surface area contributed by atoms with E-state index in [1.165, 1.54) is 34.9 Å². The van der Waals surface area contributed by atoms with Crippen molar-refractivity contribution in [2.45, 2.75) is 10.4 Å². The van der Waals surface area contributed by atoms with Gasteiger partial charge in [0.1, 0.15) is 23.7 Å². The summed E-state index contributed by atoms with van der Waals surface area (Å²) in [6.45, 7) is -0.0450. The van der Waals surface area contributed by atoms with E-state index < -0.39 is 16.9 Å². The highest BCUT2D eigenvalue weighted by atomic mass is 79.9. The fraction of sp³-hybridized carbons (Fsp3) is 0.111. The number of hydrogen-bond acceptors (Lipinski definition) is 6. The maximum absolute atomic E-state index is 14.5. The Morgan fingerprint density at radius 1 is 1.21 bits per heavy atom. The van der Waals surface area contributed by atoms with Crippen LogP contribution in [-0.2, 0) is 4.79 Å². The standard InChI is InChI=1S/C18H11F2N5O2S.BrH/c19-10-2-3-11(12(20)6-10)17-16(24-25-8-21-23-18(25)28-17)9-1-4-14-13(5-9)22-15(26)7-27-14;/h1-6,8,17H,7H2,(H,22,26);1H. The van der Waals surface area contributed by atoms with E-state index in [1.807, 2.05) is 0 Å². The van der Waals surface area contributed by atoms with E-state index >= 15 is 0 Å². The lowest BCUT2D eigenvalue weighted by Gasteiger charge is -2.25. The van der Waals surface area contributed by atoms with Gasteiger partial charge in [-0.25, -0.2) is 8.78 Å². The van der Waals surface area contributed by atoms with Gasteiger partial charge in [0.15, 0.2) is 6.61 Å². The second-order valence-corrected chi connectivity index (χ2v) is 7.23. The van der Waals surface area contributed by atoms with Crippen LogP contribution in [0, 0.1) is 11.6 Å². The van der Waals surface area contributed by atoms with Crippen LogP contribution in [0.3, 0.4) is 0 Å². The highest BCUT2D eigenvalue weighted by Gasteiger charge is 2.31. The van der Waals surface area contributed by atoms with Crippen LogP contribution >= 0.6 is 28.7 Å². The van der Waals surface area contributed by atoms with E-state index in [0.29, 0.717) is 27.9 Å². The molecule has 0 bridgehead atoms. The highest BCUT2D eigenvalue weighted by Crippen LogP contribution is 2.42. The van der Waals surface area contributed by atoms with Crippen LogP contribution in [-0.4, -0.2) is 33.1 Å². The molecule has 0 fully saturated rings. The number of benzene rings is 2. The number of thioether (sulfide) groups is 1. The number of amides is 1. The van der Waals surface area contributed by atoms with Gasteiger partial charge in [-0.1, -0.05) is 17.8 Å². The summed E-state index contributed by atoms with van der Waals surface area (Å²) in [5.74, 6) is -1.04. The molecule has 5 rings (SSSR count). The minimum absolute atomic E-state index is 0. The van der Waals surface area contributed by atoms with Gasteiger partial charge in [-0.05, 0) is 24.3 Å². The number of nitrogens with one attached hydrogen (secondary N) is 1. The van der Waals surface area contributed by atoms with Crippen LogP contribution in [0.4, 0.5) is 14.5 Å². The van der Waals surface area contributed by atoms with Gasteiger partial charge >= 0.3 is 0 Å². The van der Waals surface area contributed by atoms with Gasteiger partial charge in [0, 0.05) is 17.2 Å². The third-order valence-corrected chi connectivity index (χ3v) is 5.53. The monoisotopic (exact) mass is 479 g/mol. The molecule has 1 unspecified atom stereocenters. The third-order valence-electron chi connectivity index (χ3n) is 4.34. The molecule has 11 heteroatoms. The van der Waals surface area contributed by atoms with E-state index in [-0.39, 0.29) is 35.1 Å². The molecule has 7 nitrogen and oxygen atoms in total. The number of anilines is 1. The number of carbonyl (C=O) groups is 1. The number of fused-ring (bicyclic) bond motifs is 2. The molecule has 2 aliphatic heterocycles. The first-order valence-electron chi connectivity index (χ1n) is 8.26. The number of ether oxygens (including phenoxy) is 1. The van der Waals surface area contributed by atoms with Crippen molar-refractivity contribution in [1.29, 1.82) is 0 Å². The zero-order valence-corrected chi connectivity index (χ0v) is 17.0. The van der Waals surface area contributed by atoms with Gasteiger partial charge in [0.25, 0.3) is 5.91 Å². The fourth-order valence-corrected chi connectivity index (χ4v) is 4.19. The molecule has 0 radical (unpaired) electrons. The first-order valence-corrected chi connectivity index (χ1v) is 9.14. The predicted molar refractivity (Wildman–Crippen MR) is 108 cm³/mol. The summed E-state index contributed by atoms with van der Waals surface area (Å²) in [6.07, 6.45) is 1.45. The predicted octanol–water partition coefficient (Wildman–Crippen LogP) is 3.56. The number of nitrogens with zero attached hydrogens (tertiary/aromatic N) is 4. The normalized spacial score (nSPS) is 17.2. The Bertz CT molecular complexity index is 1150. The van der Waals surface area contributed by atoms with Crippen LogP contribution in [0.15, 0.2) is 53.0 Å². The molecule has 0 saturated carbocycles. The first-order chi connectivity index (χ1) is 13.6. The quantitative estimate of drug-likeness (QED) is 0.607. The zero-order chi connectivity index (χ0) is 19.3. The molecular formula is C18H12BrF2N5O2S. The van der Waals surface area contributed by atoms with Crippen molar-refractivity contribution >= 4 is 46.0 Å². The van der Waals surface area contributed by atoms with Crippen molar-refractivity contribution in [1.82, 2.24) is 14.9 Å². The van der Waals surface area contributed by atoms with Crippen molar-refractivity contribution in [3.8, 4) is 5.75 Å². The topological polar surface area (TPSA) is 81.4 Å². The summed E-state index contributed by atoms with van der Waals surface area (Å²) in [7, 11) is 0. The van der Waals surface area contributed by atoms with Crippen LogP contribution in [0.1, 0.15) is 16.4 Å². The van der Waals surface area contributed by atoms with Crippen LogP contribution in [0.2, 0.25) is 0 Å². The van der Waals surface area contributed by atoms with Gasteiger partial charge in [-0.15, -0.1) is 27.2 Å². The molecule has 0 spiro atoms. The maximum Gasteiger partial charge on any atom is 0.262 e. The Hall–Kier alpha value is -2.79. The summed E-state index contributed by atoms with van der Waals surface area (Å²) in [6, 6.07) is 8.66. The summed E-state index contributed by atoms with van der Waals surface area (Å²) < 4.78 is 34.8. The van der Waals surface area contributed by atoms with Gasteiger partial charge in [-0.2, -0.15) is 9.78 Å². The molecule has 1 amide bonds. The van der Waals surface area contributed by atoms with Crippen molar-refractivity contribution < 1.29 is 18.3 Å². The SMILES string of the molecule is Br.O=C1COc2ccc(C3=Nn4cnnc4SC3c3ccc(F)cc3F)cc2N1. The number of carbonyl (C=O) groups excluding carboxylic acids is 1. The Kier molecular flexibility index (Phi) is 5.09. The van der Waals surface area contributed by atoms with Crippen LogP contribution in [0.5, 0.6) is 5.75 Å². The Balaban J connectivity index is 0.00000205. The number of rotatable bonds is 2. The van der Waals surface area contributed by atoms with Crippen LogP contribution < -0.4 is 10.1 Å². The lowest BCUT2D eigenvalue weighted by atomic mass is 10.00. The van der Waals surface area contributed by atoms with Gasteiger partial charge in [0.05, 0.1) is 16.6 Å². The molecule has 148 valence electrons. The minimum Gasteiger partial charge on any atom is -0.482 e. The van der Waals surface area contributed by atoms with Crippen molar-refractivity contribution in [3.63, 3.8) is 0 Å². The third kappa shape index (κ3) is 3.51. The molecule has 1 aromatic heterocycles. The average molecular weight is 480 g/mol. The Morgan fingerprint density at radius 3 is 2.90 bits per heavy atom. The number of aromatic nitrogens is 3. The first kappa shape index (κ1) is 19.5. The minimum atomic E-state index is -0.673. The summed E-state index contributed by atoms with van der Waals surface area (Å²) >= 11 is 1.26. The van der Waals surface area contributed by atoms with Crippen LogP contribution in [0.25, 0.3) is 0 Å². The maximum atomic E-state index is 14.5. The molecule has 0 saturated heterocycles. The molecule has 1 N–H and O–H groups in total.